The molecule has 0 atom stereocenters. The Bertz CT molecular complexity index is 574. The molecule has 0 amide bonds. The van der Waals surface area contributed by atoms with Gasteiger partial charge in [0.1, 0.15) is 6.54 Å². The molecule has 2 nitrogen and oxygen atoms in total. The Morgan fingerprint density at radius 1 is 0.962 bits per heavy atom. The van der Waals surface area contributed by atoms with Crippen molar-refractivity contribution in [2.24, 2.45) is 0 Å². The Labute approximate surface area is 169 Å². The lowest BCUT2D eigenvalue weighted by molar-refractivity contribution is -0.694. The highest BCUT2D eigenvalue weighted by Crippen LogP contribution is 2.35. The molecule has 2 heterocycles. The number of hydrogen-bond donors (Lipinski definition) is 0. The van der Waals surface area contributed by atoms with Crippen molar-refractivity contribution < 1.29 is 4.57 Å². The van der Waals surface area contributed by atoms with Crippen LogP contribution in [0.4, 0.5) is 0 Å². The molecule has 4 heteroatoms. The van der Waals surface area contributed by atoms with E-state index in [-0.39, 0.29) is 0 Å². The van der Waals surface area contributed by atoms with Crippen LogP contribution in [0.2, 0.25) is 0 Å². The lowest BCUT2D eigenvalue weighted by Gasteiger charge is -2.21. The predicted molar refractivity (Wildman–Crippen MR) is 118 cm³/mol. The number of hydrogen-bond acceptors (Lipinski definition) is 3. The molecular formula is C22H37N2S2+. The lowest BCUT2D eigenvalue weighted by atomic mass is 10.1. The van der Waals surface area contributed by atoms with E-state index in [1.165, 1.54) is 79.9 Å². The monoisotopic (exact) mass is 393 g/mol. The van der Waals surface area contributed by atoms with E-state index in [9.17, 15) is 0 Å². The SMILES string of the molecule is CCCCCCCN1C(C)=CS/C1=C\c1scc[n+]1CCCCCCC. The van der Waals surface area contributed by atoms with Crippen LogP contribution in [0.1, 0.15) is 90.0 Å². The molecule has 26 heavy (non-hydrogen) atoms. The summed E-state index contributed by atoms with van der Waals surface area (Å²) in [5.74, 6) is 0. The summed E-state index contributed by atoms with van der Waals surface area (Å²) in [5, 5.41) is 7.33. The highest BCUT2D eigenvalue weighted by molar-refractivity contribution is 8.06. The highest BCUT2D eigenvalue weighted by atomic mass is 32.2. The average molecular weight is 394 g/mol. The zero-order chi connectivity index (χ0) is 18.6. The second-order valence-electron chi connectivity index (χ2n) is 7.27. The molecule has 0 spiro atoms. The van der Waals surface area contributed by atoms with E-state index in [1.54, 1.807) is 0 Å². The first kappa shape index (κ1) is 21.6. The summed E-state index contributed by atoms with van der Waals surface area (Å²) < 4.78 is 2.44. The van der Waals surface area contributed by atoms with Crippen LogP contribution in [0.25, 0.3) is 6.08 Å². The lowest BCUT2D eigenvalue weighted by Crippen LogP contribution is -2.34. The Morgan fingerprint density at radius 3 is 2.38 bits per heavy atom. The maximum Gasteiger partial charge on any atom is 0.264 e. The molecule has 0 saturated heterocycles. The topological polar surface area (TPSA) is 7.12 Å². The normalized spacial score (nSPS) is 15.9. The van der Waals surface area contributed by atoms with Crippen LogP contribution in [-0.2, 0) is 6.54 Å². The zero-order valence-corrected chi connectivity index (χ0v) is 18.6. The number of aromatic nitrogens is 1. The standard InChI is InChI=1S/C22H37N2S2/c1-4-6-8-10-12-14-23-16-17-25-21(23)18-22-24(20(3)19-26-22)15-13-11-9-7-5-2/h16-19H,4-15H2,1-3H3/q+1. The van der Waals surface area contributed by atoms with E-state index >= 15 is 0 Å². The zero-order valence-electron chi connectivity index (χ0n) is 17.0. The summed E-state index contributed by atoms with van der Waals surface area (Å²) in [6.07, 6.45) is 18.1. The number of thioether (sulfide) groups is 1. The summed E-state index contributed by atoms with van der Waals surface area (Å²) in [6, 6.07) is 0. The molecule has 1 aliphatic rings. The Kier molecular flexibility index (Phi) is 10.5. The quantitative estimate of drug-likeness (QED) is 0.259. The molecule has 1 aromatic heterocycles. The van der Waals surface area contributed by atoms with Crippen molar-refractivity contribution in [3.63, 3.8) is 0 Å². The molecule has 0 fully saturated rings. The molecule has 0 bridgehead atoms. The fourth-order valence-electron chi connectivity index (χ4n) is 3.33. The molecule has 146 valence electrons. The van der Waals surface area contributed by atoms with Gasteiger partial charge in [-0.25, -0.2) is 0 Å². The molecule has 0 unspecified atom stereocenters. The summed E-state index contributed by atoms with van der Waals surface area (Å²) in [7, 11) is 0. The van der Waals surface area contributed by atoms with Crippen LogP contribution < -0.4 is 4.57 Å². The Morgan fingerprint density at radius 2 is 1.65 bits per heavy atom. The third-order valence-corrected chi connectivity index (χ3v) is 6.88. The van der Waals surface area contributed by atoms with Crippen molar-refractivity contribution in [3.8, 4) is 0 Å². The van der Waals surface area contributed by atoms with Crippen LogP contribution in [0.5, 0.6) is 0 Å². The molecular weight excluding hydrogens is 356 g/mol. The summed E-state index contributed by atoms with van der Waals surface area (Å²) >= 11 is 3.75. The smallest absolute Gasteiger partial charge is 0.264 e. The van der Waals surface area contributed by atoms with E-state index < -0.39 is 0 Å². The molecule has 1 aliphatic heterocycles. The van der Waals surface area contributed by atoms with Gasteiger partial charge in [-0.2, -0.15) is 4.57 Å². The minimum absolute atomic E-state index is 1.15. The van der Waals surface area contributed by atoms with Crippen LogP contribution in [0.3, 0.4) is 0 Å². The molecule has 0 N–H and O–H groups in total. The minimum atomic E-state index is 1.15. The van der Waals surface area contributed by atoms with Crippen molar-refractivity contribution in [1.29, 1.82) is 0 Å². The van der Waals surface area contributed by atoms with Gasteiger partial charge in [-0.15, -0.1) is 0 Å². The van der Waals surface area contributed by atoms with Crippen molar-refractivity contribution in [3.05, 3.63) is 32.7 Å². The summed E-state index contributed by atoms with van der Waals surface area (Å²) in [5.41, 5.74) is 1.40. The van der Waals surface area contributed by atoms with Gasteiger partial charge in [0, 0.05) is 18.7 Å². The number of nitrogens with zero attached hydrogens (tertiary/aromatic N) is 2. The van der Waals surface area contributed by atoms with Crippen molar-refractivity contribution in [2.75, 3.05) is 6.54 Å². The third-order valence-electron chi connectivity index (χ3n) is 4.99. The Hall–Kier alpha value is -0.740. The van der Waals surface area contributed by atoms with Crippen LogP contribution in [0, 0.1) is 0 Å². The molecule has 1 aromatic rings. The summed E-state index contributed by atoms with van der Waals surface area (Å²) in [4.78, 5) is 2.52. The van der Waals surface area contributed by atoms with E-state index in [1.807, 2.05) is 23.1 Å². The van der Waals surface area contributed by atoms with Gasteiger partial charge in [0.15, 0.2) is 6.20 Å². The number of aryl methyl sites for hydroxylation is 1. The van der Waals surface area contributed by atoms with Gasteiger partial charge in [0.2, 0.25) is 0 Å². The summed E-state index contributed by atoms with van der Waals surface area (Å²) in [6.45, 7) is 9.12. The van der Waals surface area contributed by atoms with Crippen molar-refractivity contribution in [1.82, 2.24) is 4.90 Å². The number of thiazole rings is 1. The molecule has 0 aliphatic carbocycles. The van der Waals surface area contributed by atoms with Gasteiger partial charge in [0.05, 0.1) is 16.5 Å². The predicted octanol–water partition coefficient (Wildman–Crippen LogP) is 7.18. The Balaban J connectivity index is 1.88. The van der Waals surface area contributed by atoms with Crippen molar-refractivity contribution in [2.45, 2.75) is 91.5 Å². The minimum Gasteiger partial charge on any atom is -0.339 e. The second kappa shape index (κ2) is 12.6. The van der Waals surface area contributed by atoms with Crippen LogP contribution in [0.15, 0.2) is 27.7 Å². The maximum absolute atomic E-state index is 2.52. The van der Waals surface area contributed by atoms with Gasteiger partial charge >= 0.3 is 0 Å². The first-order valence-corrected chi connectivity index (χ1v) is 12.3. The van der Waals surface area contributed by atoms with Gasteiger partial charge in [0.25, 0.3) is 5.01 Å². The van der Waals surface area contributed by atoms with Gasteiger partial charge in [-0.05, 0) is 25.2 Å². The van der Waals surface area contributed by atoms with Gasteiger partial charge < -0.3 is 4.90 Å². The number of allylic oxidation sites excluding steroid dienone is 1. The fraction of sp³-hybridized carbons (Fsp3) is 0.682. The van der Waals surface area contributed by atoms with Crippen molar-refractivity contribution >= 4 is 29.2 Å². The van der Waals surface area contributed by atoms with E-state index in [4.69, 9.17) is 0 Å². The largest absolute Gasteiger partial charge is 0.339 e. The molecule has 2 rings (SSSR count). The first-order valence-electron chi connectivity index (χ1n) is 10.6. The first-order chi connectivity index (χ1) is 12.8. The second-order valence-corrected chi connectivity index (χ2v) is 9.09. The van der Waals surface area contributed by atoms with E-state index in [2.05, 4.69) is 53.3 Å². The highest BCUT2D eigenvalue weighted by Gasteiger charge is 2.20. The van der Waals surface area contributed by atoms with E-state index in [0.717, 1.165) is 13.1 Å². The molecule has 0 aromatic carbocycles. The number of unbranched alkanes of at least 4 members (excludes halogenated alkanes) is 8. The fourth-order valence-corrected chi connectivity index (χ4v) is 5.18. The van der Waals surface area contributed by atoms with Gasteiger partial charge in [-0.1, -0.05) is 81.9 Å². The van der Waals surface area contributed by atoms with Gasteiger partial charge in [-0.3, -0.25) is 0 Å². The molecule has 0 radical (unpaired) electrons. The van der Waals surface area contributed by atoms with Crippen LogP contribution in [-0.4, -0.2) is 11.4 Å². The molecule has 0 saturated carbocycles. The van der Waals surface area contributed by atoms with E-state index in [0.29, 0.717) is 0 Å². The third kappa shape index (κ3) is 7.11. The number of rotatable bonds is 13. The average Bonchev–Trinajstić information content (AvgIpc) is 3.22. The van der Waals surface area contributed by atoms with Crippen LogP contribution >= 0.6 is 23.1 Å². The maximum atomic E-state index is 2.52.